The molecule has 1 N–H and O–H groups in total. The van der Waals surface area contributed by atoms with Crippen molar-refractivity contribution in [2.45, 2.75) is 39.0 Å². The highest BCUT2D eigenvalue weighted by Crippen LogP contribution is 2.22. The maximum Gasteiger partial charge on any atom is 0.295 e. The molecular weight excluding hydrogens is 218 g/mol. The average molecular weight is 237 g/mol. The molecule has 1 saturated heterocycles. The molecule has 6 heteroatoms. The van der Waals surface area contributed by atoms with Crippen LogP contribution >= 0.6 is 0 Å². The number of carbonyl (C=O) groups excluding carboxylic acids is 1. The number of aromatic amines is 1. The Balaban J connectivity index is 1.92. The first-order valence-electron chi connectivity index (χ1n) is 6.34. The fourth-order valence-electron chi connectivity index (χ4n) is 2.46. The topological polar surface area (TPSA) is 74.8 Å². The molecule has 0 aromatic carbocycles. The van der Waals surface area contributed by atoms with Gasteiger partial charge in [-0.1, -0.05) is 19.8 Å². The van der Waals surface area contributed by atoms with Gasteiger partial charge in [0, 0.05) is 13.1 Å². The van der Waals surface area contributed by atoms with Crippen molar-refractivity contribution in [3.8, 4) is 0 Å². The Labute approximate surface area is 101 Å². The summed E-state index contributed by atoms with van der Waals surface area (Å²) in [5.74, 6) is 0.845. The molecule has 17 heavy (non-hydrogen) atoms. The molecule has 1 aliphatic heterocycles. The van der Waals surface area contributed by atoms with Crippen LogP contribution in [0.15, 0.2) is 0 Å². The summed E-state index contributed by atoms with van der Waals surface area (Å²) in [4.78, 5) is 13.9. The normalized spacial score (nSPS) is 21.2. The van der Waals surface area contributed by atoms with E-state index in [4.69, 9.17) is 0 Å². The number of rotatable bonds is 3. The highest BCUT2D eigenvalue weighted by molar-refractivity contribution is 5.90. The first-order chi connectivity index (χ1) is 8.31. The molecule has 0 saturated carbocycles. The van der Waals surface area contributed by atoms with Crippen LogP contribution in [0.2, 0.25) is 0 Å². The molecule has 1 fully saturated rings. The molecule has 0 spiro atoms. The predicted molar refractivity (Wildman–Crippen MR) is 62.3 cm³/mol. The van der Waals surface area contributed by atoms with E-state index in [0.717, 1.165) is 31.8 Å². The Hall–Kier alpha value is -1.46. The minimum absolute atomic E-state index is 0.101. The quantitative estimate of drug-likeness (QED) is 0.858. The number of hydrogen-bond acceptors (Lipinski definition) is 4. The van der Waals surface area contributed by atoms with E-state index in [9.17, 15) is 4.79 Å². The van der Waals surface area contributed by atoms with Crippen LogP contribution < -0.4 is 0 Å². The van der Waals surface area contributed by atoms with Gasteiger partial charge in [0.25, 0.3) is 11.7 Å². The monoisotopic (exact) mass is 237 g/mol. The third-order valence-corrected chi connectivity index (χ3v) is 3.37. The third-order valence-electron chi connectivity index (χ3n) is 3.37. The zero-order valence-corrected chi connectivity index (χ0v) is 10.2. The Morgan fingerprint density at radius 1 is 1.47 bits per heavy atom. The fraction of sp³-hybridized carbons (Fsp3) is 0.818. The first-order valence-corrected chi connectivity index (χ1v) is 6.34. The molecule has 6 nitrogen and oxygen atoms in total. The van der Waals surface area contributed by atoms with Gasteiger partial charge in [0.15, 0.2) is 0 Å². The standard InChI is InChI=1S/C11H19N5O/c1-2-4-9-5-3-7-16(8-6-9)11(17)10-12-14-15-13-10/h9H,2-8H2,1H3,(H,12,13,14,15). The Morgan fingerprint density at radius 2 is 2.35 bits per heavy atom. The Morgan fingerprint density at radius 3 is 3.06 bits per heavy atom. The number of carbonyl (C=O) groups is 1. The molecule has 1 aromatic rings. The highest BCUT2D eigenvalue weighted by atomic mass is 16.2. The lowest BCUT2D eigenvalue weighted by Gasteiger charge is -2.18. The van der Waals surface area contributed by atoms with Crippen molar-refractivity contribution in [1.29, 1.82) is 0 Å². The van der Waals surface area contributed by atoms with E-state index < -0.39 is 0 Å². The Kier molecular flexibility index (Phi) is 4.06. The number of tetrazole rings is 1. The molecule has 0 radical (unpaired) electrons. The van der Waals surface area contributed by atoms with Crippen LogP contribution in [0.1, 0.15) is 49.6 Å². The van der Waals surface area contributed by atoms with Crippen molar-refractivity contribution in [3.63, 3.8) is 0 Å². The third kappa shape index (κ3) is 3.01. The smallest absolute Gasteiger partial charge is 0.295 e. The second kappa shape index (κ2) is 5.75. The molecular formula is C11H19N5O. The van der Waals surface area contributed by atoms with E-state index in [0.29, 0.717) is 0 Å². The van der Waals surface area contributed by atoms with E-state index in [-0.39, 0.29) is 11.7 Å². The van der Waals surface area contributed by atoms with E-state index in [2.05, 4.69) is 27.5 Å². The van der Waals surface area contributed by atoms with Crippen molar-refractivity contribution in [3.05, 3.63) is 5.82 Å². The number of H-pyrrole nitrogens is 1. The first kappa shape index (κ1) is 12.0. The molecule has 1 aliphatic rings. The average Bonchev–Trinajstić information content (AvgIpc) is 2.76. The molecule has 2 rings (SSSR count). The van der Waals surface area contributed by atoms with Crippen molar-refractivity contribution >= 4 is 5.91 Å². The van der Waals surface area contributed by atoms with Crippen molar-refractivity contribution in [2.24, 2.45) is 5.92 Å². The molecule has 2 heterocycles. The van der Waals surface area contributed by atoms with Crippen LogP contribution in [0.3, 0.4) is 0 Å². The van der Waals surface area contributed by atoms with Gasteiger partial charge in [-0.25, -0.2) is 0 Å². The lowest BCUT2D eigenvalue weighted by Crippen LogP contribution is -2.32. The maximum absolute atomic E-state index is 12.0. The molecule has 94 valence electrons. The van der Waals surface area contributed by atoms with Gasteiger partial charge in [-0.15, -0.1) is 10.2 Å². The molecule has 0 bridgehead atoms. The van der Waals surface area contributed by atoms with Crippen LogP contribution in [0.25, 0.3) is 0 Å². The number of hydrogen-bond donors (Lipinski definition) is 1. The minimum atomic E-state index is -0.101. The summed E-state index contributed by atoms with van der Waals surface area (Å²) in [6.07, 6.45) is 5.89. The van der Waals surface area contributed by atoms with Crippen LogP contribution in [-0.4, -0.2) is 44.5 Å². The van der Waals surface area contributed by atoms with Crippen LogP contribution in [0, 0.1) is 5.92 Å². The van der Waals surface area contributed by atoms with Gasteiger partial charge in [0.2, 0.25) is 0 Å². The predicted octanol–water partition coefficient (Wildman–Crippen LogP) is 1.24. The summed E-state index contributed by atoms with van der Waals surface area (Å²) in [6, 6.07) is 0. The van der Waals surface area contributed by atoms with E-state index in [1.165, 1.54) is 19.3 Å². The number of nitrogens with zero attached hydrogens (tertiary/aromatic N) is 4. The summed E-state index contributed by atoms with van der Waals surface area (Å²) in [5, 5.41) is 13.2. The van der Waals surface area contributed by atoms with Crippen LogP contribution in [0.4, 0.5) is 0 Å². The van der Waals surface area contributed by atoms with Gasteiger partial charge < -0.3 is 4.90 Å². The summed E-state index contributed by atoms with van der Waals surface area (Å²) >= 11 is 0. The van der Waals surface area contributed by atoms with Gasteiger partial charge in [-0.2, -0.15) is 5.21 Å². The van der Waals surface area contributed by atoms with E-state index in [1.807, 2.05) is 4.90 Å². The largest absolute Gasteiger partial charge is 0.336 e. The van der Waals surface area contributed by atoms with Gasteiger partial charge >= 0.3 is 0 Å². The number of likely N-dealkylation sites (tertiary alicyclic amines) is 1. The van der Waals surface area contributed by atoms with E-state index in [1.54, 1.807) is 0 Å². The maximum atomic E-state index is 12.0. The molecule has 1 atom stereocenters. The van der Waals surface area contributed by atoms with Crippen molar-refractivity contribution in [2.75, 3.05) is 13.1 Å². The molecule has 1 amide bonds. The van der Waals surface area contributed by atoms with Gasteiger partial charge in [-0.3, -0.25) is 4.79 Å². The summed E-state index contributed by atoms with van der Waals surface area (Å²) in [7, 11) is 0. The number of amides is 1. The van der Waals surface area contributed by atoms with Crippen LogP contribution in [0.5, 0.6) is 0 Å². The highest BCUT2D eigenvalue weighted by Gasteiger charge is 2.23. The van der Waals surface area contributed by atoms with Gasteiger partial charge in [0.1, 0.15) is 0 Å². The summed E-state index contributed by atoms with van der Waals surface area (Å²) in [5.41, 5.74) is 0. The van der Waals surface area contributed by atoms with Crippen molar-refractivity contribution in [1.82, 2.24) is 25.5 Å². The lowest BCUT2D eigenvalue weighted by atomic mass is 9.96. The zero-order chi connectivity index (χ0) is 12.1. The second-order valence-electron chi connectivity index (χ2n) is 4.61. The zero-order valence-electron chi connectivity index (χ0n) is 10.2. The molecule has 1 aromatic heterocycles. The fourth-order valence-corrected chi connectivity index (χ4v) is 2.46. The molecule has 1 unspecified atom stereocenters. The minimum Gasteiger partial charge on any atom is -0.336 e. The summed E-state index contributed by atoms with van der Waals surface area (Å²) in [6.45, 7) is 3.85. The van der Waals surface area contributed by atoms with Crippen LogP contribution in [-0.2, 0) is 0 Å². The van der Waals surface area contributed by atoms with Crippen molar-refractivity contribution < 1.29 is 4.79 Å². The van der Waals surface area contributed by atoms with Gasteiger partial charge in [-0.05, 0) is 30.4 Å². The SMILES string of the molecule is CCCC1CCCN(C(=O)c2nn[nH]n2)CC1. The van der Waals surface area contributed by atoms with E-state index >= 15 is 0 Å². The second-order valence-corrected chi connectivity index (χ2v) is 4.61. The number of nitrogens with one attached hydrogen (secondary N) is 1. The lowest BCUT2D eigenvalue weighted by molar-refractivity contribution is 0.0747. The molecule has 0 aliphatic carbocycles. The number of aromatic nitrogens is 4. The summed E-state index contributed by atoms with van der Waals surface area (Å²) < 4.78 is 0. The Bertz CT molecular complexity index is 351. The van der Waals surface area contributed by atoms with Gasteiger partial charge in [0.05, 0.1) is 0 Å².